The van der Waals surface area contributed by atoms with Gasteiger partial charge < -0.3 is 11.1 Å². The predicted octanol–water partition coefficient (Wildman–Crippen LogP) is 5.49. The van der Waals surface area contributed by atoms with E-state index < -0.39 is 22.0 Å². The van der Waals surface area contributed by atoms with Crippen molar-refractivity contribution in [3.05, 3.63) is 69.9 Å². The summed E-state index contributed by atoms with van der Waals surface area (Å²) in [5.74, 6) is -0.649. The van der Waals surface area contributed by atoms with Gasteiger partial charge in [-0.25, -0.2) is 18.0 Å². The second-order valence-electron chi connectivity index (χ2n) is 10.5. The lowest BCUT2D eigenvalue weighted by Crippen LogP contribution is -2.43. The highest BCUT2D eigenvalue weighted by molar-refractivity contribution is 9.10. The van der Waals surface area contributed by atoms with Gasteiger partial charge in [-0.1, -0.05) is 60.1 Å². The smallest absolute Gasteiger partial charge is 0.264 e. The summed E-state index contributed by atoms with van der Waals surface area (Å²) in [4.78, 5) is 27.5. The summed E-state index contributed by atoms with van der Waals surface area (Å²) in [7, 11) is -4.24. The lowest BCUT2D eigenvalue weighted by molar-refractivity contribution is -0.120. The minimum atomic E-state index is -4.24. The van der Waals surface area contributed by atoms with Crippen LogP contribution in [0.25, 0.3) is 16.5 Å². The fourth-order valence-corrected chi connectivity index (χ4v) is 7.62. The van der Waals surface area contributed by atoms with Crippen LogP contribution < -0.4 is 20.6 Å². The summed E-state index contributed by atoms with van der Waals surface area (Å²) < 4.78 is 29.9. The maximum absolute atomic E-state index is 12.9. The van der Waals surface area contributed by atoms with E-state index in [9.17, 15) is 18.0 Å². The van der Waals surface area contributed by atoms with Crippen molar-refractivity contribution in [3.63, 3.8) is 0 Å². The van der Waals surface area contributed by atoms with Crippen LogP contribution in [0.4, 0.5) is 5.69 Å². The second kappa shape index (κ2) is 14.8. The van der Waals surface area contributed by atoms with Crippen LogP contribution in [0.1, 0.15) is 43.6 Å². The summed E-state index contributed by atoms with van der Waals surface area (Å²) in [6, 6.07) is 15.2. The maximum atomic E-state index is 12.9. The van der Waals surface area contributed by atoms with Crippen molar-refractivity contribution in [1.82, 2.24) is 24.3 Å². The first-order valence-electron chi connectivity index (χ1n) is 14.1. The van der Waals surface area contributed by atoms with E-state index in [-0.39, 0.29) is 27.3 Å². The van der Waals surface area contributed by atoms with Gasteiger partial charge in [-0.15, -0.1) is 10.2 Å². The zero-order valence-corrected chi connectivity index (χ0v) is 28.5. The van der Waals surface area contributed by atoms with Gasteiger partial charge in [0, 0.05) is 11.9 Å². The first kappa shape index (κ1) is 33.6. The predicted molar refractivity (Wildman–Crippen MR) is 180 cm³/mol. The Labute approximate surface area is 283 Å². The molecule has 1 saturated carbocycles. The Hall–Kier alpha value is -2.72. The van der Waals surface area contributed by atoms with Crippen LogP contribution >= 0.6 is 51.1 Å². The quantitative estimate of drug-likeness (QED) is 0.0742. The number of halogens is 3. The Morgan fingerprint density at radius 1 is 1.09 bits per heavy atom. The Balaban J connectivity index is 1.23. The molecule has 5 N–H and O–H groups in total. The third-order valence-electron chi connectivity index (χ3n) is 7.25. The van der Waals surface area contributed by atoms with E-state index in [1.54, 1.807) is 0 Å². The molecule has 1 heterocycles. The number of benzene rings is 3. The molecule has 0 radical (unpaired) electrons. The van der Waals surface area contributed by atoms with Crippen LogP contribution in [0.15, 0.2) is 69.4 Å². The van der Waals surface area contributed by atoms with Crippen LogP contribution in [0.2, 0.25) is 5.02 Å². The van der Waals surface area contributed by atoms with E-state index in [2.05, 4.69) is 60.5 Å². The van der Waals surface area contributed by atoms with Crippen LogP contribution in [0, 0.1) is 0 Å². The SMILES string of the molecule is N[C@@H](CCCCNCl)C(=O)NS(=O)(=O)c1ccc(NC(=O)CSc2nnc(Br)n2-c2ccc(C3CC3)c3ccccc23)c(Cl)c1. The van der Waals surface area contributed by atoms with E-state index >= 15 is 0 Å². The van der Waals surface area contributed by atoms with E-state index in [0.29, 0.717) is 41.6 Å². The number of nitrogens with zero attached hydrogens (tertiary/aromatic N) is 3. The number of anilines is 1. The lowest BCUT2D eigenvalue weighted by atomic mass is 9.99. The highest BCUT2D eigenvalue weighted by Gasteiger charge is 2.27. The van der Waals surface area contributed by atoms with Crippen molar-refractivity contribution in [2.24, 2.45) is 5.73 Å². The van der Waals surface area contributed by atoms with E-state index in [0.717, 1.165) is 17.1 Å². The standard InChI is InChI=1S/C29H30BrCl2N7O4S2/c30-28-36-37-29(39(28)25-13-11-19(17-8-9-17)20-5-1-2-6-21(20)25)44-16-26(40)35-24-12-10-18(15-22(24)31)45(42,43)38-27(41)23(33)7-3-4-14-34-32/h1-2,5-6,10-13,15,17,23,34H,3-4,7-9,14,16,33H2,(H,35,40)(H,38,41)/t23-/m0/s1. The van der Waals surface area contributed by atoms with Gasteiger partial charge in [0.25, 0.3) is 15.9 Å². The molecule has 1 aliphatic rings. The number of thioether (sulfide) groups is 1. The molecule has 1 atom stereocenters. The molecule has 0 saturated heterocycles. The van der Waals surface area contributed by atoms with Gasteiger partial charge in [0.15, 0.2) is 5.16 Å². The van der Waals surface area contributed by atoms with Gasteiger partial charge >= 0.3 is 0 Å². The molecular formula is C29H30BrCl2N7O4S2. The summed E-state index contributed by atoms with van der Waals surface area (Å²) in [5, 5.41) is 13.9. The molecule has 1 aromatic heterocycles. The first-order chi connectivity index (χ1) is 21.6. The first-order valence-corrected chi connectivity index (χ1v) is 18.1. The molecule has 2 amide bonds. The molecule has 4 aromatic rings. The number of sulfonamides is 1. The van der Waals surface area contributed by atoms with Crippen molar-refractivity contribution in [3.8, 4) is 5.69 Å². The molecule has 16 heteroatoms. The van der Waals surface area contributed by atoms with Crippen molar-refractivity contribution < 1.29 is 18.0 Å². The van der Waals surface area contributed by atoms with Gasteiger partial charge in [-0.2, -0.15) is 0 Å². The molecule has 238 valence electrons. The molecule has 5 rings (SSSR count). The number of carbonyl (C=O) groups is 2. The minimum absolute atomic E-state index is 0.0188. The second-order valence-corrected chi connectivity index (χ2v) is 14.5. The Kier molecular flexibility index (Phi) is 11.1. The number of rotatable bonds is 14. The van der Waals surface area contributed by atoms with Crippen LogP contribution in [-0.2, 0) is 19.6 Å². The number of nitrogens with two attached hydrogens (primary N) is 1. The fourth-order valence-electron chi connectivity index (χ4n) is 4.83. The molecule has 1 fully saturated rings. The molecular weight excluding hydrogens is 725 g/mol. The average Bonchev–Trinajstić information content (AvgIpc) is 3.80. The molecule has 0 spiro atoms. The van der Waals surface area contributed by atoms with Gasteiger partial charge in [0.1, 0.15) is 0 Å². The van der Waals surface area contributed by atoms with Gasteiger partial charge in [-0.3, -0.25) is 14.2 Å². The Morgan fingerprint density at radius 3 is 2.56 bits per heavy atom. The number of hydrogen-bond acceptors (Lipinski definition) is 9. The number of fused-ring (bicyclic) bond motifs is 1. The normalized spacial score (nSPS) is 14.0. The lowest BCUT2D eigenvalue weighted by Gasteiger charge is -2.14. The highest BCUT2D eigenvalue weighted by Crippen LogP contribution is 2.44. The van der Waals surface area contributed by atoms with Crippen molar-refractivity contribution >= 4 is 89.4 Å². The monoisotopic (exact) mass is 753 g/mol. The van der Waals surface area contributed by atoms with Gasteiger partial charge in [-0.05, 0) is 94.5 Å². The summed E-state index contributed by atoms with van der Waals surface area (Å²) in [6.07, 6.45) is 3.95. The number of hydrogen-bond donors (Lipinski definition) is 4. The number of amides is 2. The van der Waals surface area contributed by atoms with E-state index in [4.69, 9.17) is 29.1 Å². The summed E-state index contributed by atoms with van der Waals surface area (Å²) in [6.45, 7) is 0.541. The topological polar surface area (TPSA) is 161 Å². The average molecular weight is 756 g/mol. The summed E-state index contributed by atoms with van der Waals surface area (Å²) in [5.41, 5.74) is 8.27. The number of carbonyl (C=O) groups excluding carboxylic acids is 2. The minimum Gasteiger partial charge on any atom is -0.324 e. The molecule has 0 aliphatic heterocycles. The number of nitrogens with one attached hydrogen (secondary N) is 3. The van der Waals surface area contributed by atoms with Gasteiger partial charge in [0.2, 0.25) is 10.6 Å². The van der Waals surface area contributed by atoms with Crippen LogP contribution in [0.5, 0.6) is 0 Å². The zero-order chi connectivity index (χ0) is 32.1. The third-order valence-corrected chi connectivity index (χ3v) is 10.5. The van der Waals surface area contributed by atoms with Gasteiger partial charge in [0.05, 0.1) is 33.1 Å². The number of aromatic nitrogens is 3. The maximum Gasteiger partial charge on any atom is 0.264 e. The fraction of sp³-hybridized carbons (Fsp3) is 0.310. The van der Waals surface area contributed by atoms with E-state index in [1.165, 1.54) is 47.7 Å². The van der Waals surface area contributed by atoms with Crippen LogP contribution in [0.3, 0.4) is 0 Å². The van der Waals surface area contributed by atoms with E-state index in [1.807, 2.05) is 21.4 Å². The molecule has 0 unspecified atom stereocenters. The zero-order valence-electron chi connectivity index (χ0n) is 23.8. The third kappa shape index (κ3) is 8.17. The Morgan fingerprint density at radius 2 is 1.84 bits per heavy atom. The number of unbranched alkanes of at least 4 members (excludes halogenated alkanes) is 1. The largest absolute Gasteiger partial charge is 0.324 e. The molecule has 11 nitrogen and oxygen atoms in total. The molecule has 3 aromatic carbocycles. The van der Waals surface area contributed by atoms with Crippen molar-refractivity contribution in [2.45, 2.75) is 54.1 Å². The van der Waals surface area contributed by atoms with Crippen molar-refractivity contribution in [1.29, 1.82) is 0 Å². The summed E-state index contributed by atoms with van der Waals surface area (Å²) >= 11 is 16.4. The molecule has 1 aliphatic carbocycles. The molecule has 45 heavy (non-hydrogen) atoms. The van der Waals surface area contributed by atoms with Crippen molar-refractivity contribution in [2.75, 3.05) is 17.6 Å². The Bertz CT molecular complexity index is 1840. The highest BCUT2D eigenvalue weighted by atomic mass is 79.9. The molecule has 0 bridgehead atoms. The van der Waals surface area contributed by atoms with Crippen LogP contribution in [-0.4, -0.2) is 53.3 Å².